The number of aliphatic hydroxyl groups excluding tert-OH is 2. The van der Waals surface area contributed by atoms with Crippen molar-refractivity contribution < 1.29 is 19.4 Å². The molecule has 4 nitrogen and oxygen atoms in total. The van der Waals surface area contributed by atoms with Crippen molar-refractivity contribution in [2.75, 3.05) is 19.8 Å². The number of aliphatic hydroxyl groups is 2. The molecule has 1 aliphatic rings. The van der Waals surface area contributed by atoms with Crippen molar-refractivity contribution >= 4 is 5.91 Å². The fraction of sp³-hybridized carbons (Fsp3) is 0.400. The predicted octanol–water partition coefficient (Wildman–Crippen LogP) is 0.766. The van der Waals surface area contributed by atoms with Gasteiger partial charge in [-0.05, 0) is 31.0 Å². The maximum Gasteiger partial charge on any atom is 0.257 e. The normalized spacial score (nSPS) is 17.8. The Morgan fingerprint density at radius 3 is 2.90 bits per heavy atom. The maximum absolute atomic E-state index is 14.0. The molecule has 1 saturated heterocycles. The zero-order valence-corrected chi connectivity index (χ0v) is 11.0. The number of amides is 1. The number of nitrogens with zero attached hydrogens (tertiary/aromatic N) is 1. The third-order valence-corrected chi connectivity index (χ3v) is 3.36. The molecule has 2 rings (SSSR count). The summed E-state index contributed by atoms with van der Waals surface area (Å²) < 4.78 is 14.0. The summed E-state index contributed by atoms with van der Waals surface area (Å²) in [4.78, 5) is 13.8. The molecule has 0 aliphatic carbocycles. The van der Waals surface area contributed by atoms with Gasteiger partial charge in [-0.2, -0.15) is 0 Å². The SMILES string of the molecule is O=C(c1ccc(C#CCO)cc1F)N1CCCC1CO. The van der Waals surface area contributed by atoms with Crippen LogP contribution >= 0.6 is 0 Å². The maximum atomic E-state index is 14.0. The summed E-state index contributed by atoms with van der Waals surface area (Å²) >= 11 is 0. The van der Waals surface area contributed by atoms with Gasteiger partial charge >= 0.3 is 0 Å². The predicted molar refractivity (Wildman–Crippen MR) is 71.5 cm³/mol. The number of halogens is 1. The van der Waals surface area contributed by atoms with Crippen LogP contribution in [-0.4, -0.2) is 46.8 Å². The van der Waals surface area contributed by atoms with Crippen LogP contribution in [0.3, 0.4) is 0 Å². The van der Waals surface area contributed by atoms with Gasteiger partial charge in [0.1, 0.15) is 12.4 Å². The first kappa shape index (κ1) is 14.5. The molecule has 0 spiro atoms. The van der Waals surface area contributed by atoms with Gasteiger partial charge < -0.3 is 15.1 Å². The Bertz CT molecular complexity index is 562. The first-order valence-corrected chi connectivity index (χ1v) is 6.48. The van der Waals surface area contributed by atoms with E-state index in [4.69, 9.17) is 5.11 Å². The second-order valence-electron chi connectivity index (χ2n) is 4.63. The summed E-state index contributed by atoms with van der Waals surface area (Å²) in [6.45, 7) is 0.136. The zero-order valence-electron chi connectivity index (χ0n) is 11.0. The number of hydrogen-bond donors (Lipinski definition) is 2. The third kappa shape index (κ3) is 2.98. The lowest BCUT2D eigenvalue weighted by Crippen LogP contribution is -2.38. The van der Waals surface area contributed by atoms with Crippen molar-refractivity contribution in [3.05, 3.63) is 35.1 Å². The van der Waals surface area contributed by atoms with Crippen LogP contribution < -0.4 is 0 Å². The fourth-order valence-corrected chi connectivity index (χ4v) is 2.36. The largest absolute Gasteiger partial charge is 0.394 e. The average Bonchev–Trinajstić information content (AvgIpc) is 2.93. The minimum Gasteiger partial charge on any atom is -0.394 e. The van der Waals surface area contributed by atoms with Crippen LogP contribution in [-0.2, 0) is 0 Å². The van der Waals surface area contributed by atoms with Gasteiger partial charge in [-0.25, -0.2) is 4.39 Å². The molecular formula is C15H16FNO3. The Balaban J connectivity index is 2.22. The topological polar surface area (TPSA) is 60.8 Å². The second-order valence-corrected chi connectivity index (χ2v) is 4.63. The van der Waals surface area contributed by atoms with Crippen LogP contribution in [0.4, 0.5) is 4.39 Å². The van der Waals surface area contributed by atoms with E-state index in [0.717, 1.165) is 12.8 Å². The number of hydrogen-bond acceptors (Lipinski definition) is 3. The van der Waals surface area contributed by atoms with Crippen LogP contribution in [0.1, 0.15) is 28.8 Å². The van der Waals surface area contributed by atoms with Crippen molar-refractivity contribution in [1.82, 2.24) is 4.90 Å². The van der Waals surface area contributed by atoms with Crippen molar-refractivity contribution in [2.24, 2.45) is 0 Å². The lowest BCUT2D eigenvalue weighted by atomic mass is 10.1. The van der Waals surface area contributed by atoms with Crippen LogP contribution in [0.5, 0.6) is 0 Å². The first-order valence-electron chi connectivity index (χ1n) is 6.48. The van der Waals surface area contributed by atoms with E-state index >= 15 is 0 Å². The van der Waals surface area contributed by atoms with E-state index in [2.05, 4.69) is 11.8 Å². The molecule has 1 unspecified atom stereocenters. The number of carbonyl (C=O) groups excluding carboxylic acids is 1. The molecule has 20 heavy (non-hydrogen) atoms. The second kappa shape index (κ2) is 6.51. The molecule has 1 aromatic carbocycles. The minimum atomic E-state index is -0.636. The fourth-order valence-electron chi connectivity index (χ4n) is 2.36. The van der Waals surface area contributed by atoms with Crippen molar-refractivity contribution in [1.29, 1.82) is 0 Å². The summed E-state index contributed by atoms with van der Waals surface area (Å²) in [5, 5.41) is 17.8. The molecule has 106 valence electrons. The molecule has 0 saturated carbocycles. The molecule has 5 heteroatoms. The van der Waals surface area contributed by atoms with Crippen molar-refractivity contribution in [3.63, 3.8) is 0 Å². The van der Waals surface area contributed by atoms with Crippen LogP contribution in [0.2, 0.25) is 0 Å². The summed E-state index contributed by atoms with van der Waals surface area (Å²) in [7, 11) is 0. The van der Waals surface area contributed by atoms with E-state index in [1.54, 1.807) is 6.07 Å². The van der Waals surface area contributed by atoms with Crippen LogP contribution in [0, 0.1) is 17.7 Å². The van der Waals surface area contributed by atoms with Crippen LogP contribution in [0.15, 0.2) is 18.2 Å². The van der Waals surface area contributed by atoms with Gasteiger partial charge in [-0.1, -0.05) is 11.8 Å². The highest BCUT2D eigenvalue weighted by molar-refractivity contribution is 5.95. The van der Waals surface area contributed by atoms with E-state index in [0.29, 0.717) is 12.1 Å². The van der Waals surface area contributed by atoms with E-state index < -0.39 is 11.7 Å². The smallest absolute Gasteiger partial charge is 0.257 e. The lowest BCUT2D eigenvalue weighted by molar-refractivity contribution is 0.0673. The Kier molecular flexibility index (Phi) is 4.72. The highest BCUT2D eigenvalue weighted by Crippen LogP contribution is 2.21. The average molecular weight is 277 g/mol. The van der Waals surface area contributed by atoms with E-state index in [1.807, 2.05) is 0 Å². The molecule has 1 amide bonds. The Morgan fingerprint density at radius 1 is 1.45 bits per heavy atom. The summed E-state index contributed by atoms with van der Waals surface area (Å²) in [5.74, 6) is 3.97. The molecule has 1 aromatic rings. The molecule has 0 aromatic heterocycles. The highest BCUT2D eigenvalue weighted by atomic mass is 19.1. The molecule has 1 aliphatic heterocycles. The minimum absolute atomic E-state index is 0.0140. The monoisotopic (exact) mass is 277 g/mol. The Labute approximate surface area is 116 Å². The van der Waals surface area contributed by atoms with Gasteiger partial charge in [0.15, 0.2) is 0 Å². The van der Waals surface area contributed by atoms with Gasteiger partial charge in [0.25, 0.3) is 5.91 Å². The first-order chi connectivity index (χ1) is 9.67. The van der Waals surface area contributed by atoms with Crippen molar-refractivity contribution in [2.45, 2.75) is 18.9 Å². The molecule has 0 radical (unpaired) electrons. The number of likely N-dealkylation sites (tertiary alicyclic amines) is 1. The summed E-state index contributed by atoms with van der Waals surface area (Å²) in [6, 6.07) is 3.89. The quantitative estimate of drug-likeness (QED) is 0.785. The third-order valence-electron chi connectivity index (χ3n) is 3.36. The van der Waals surface area contributed by atoms with E-state index in [9.17, 15) is 14.3 Å². The number of benzene rings is 1. The van der Waals surface area contributed by atoms with E-state index in [1.165, 1.54) is 17.0 Å². The zero-order chi connectivity index (χ0) is 14.5. The van der Waals surface area contributed by atoms with Gasteiger partial charge in [-0.15, -0.1) is 0 Å². The Hall–Kier alpha value is -1.90. The highest BCUT2D eigenvalue weighted by Gasteiger charge is 2.30. The van der Waals surface area contributed by atoms with Gasteiger partial charge in [0.2, 0.25) is 0 Å². The number of rotatable bonds is 2. The molecule has 0 bridgehead atoms. The van der Waals surface area contributed by atoms with Crippen LogP contribution in [0.25, 0.3) is 0 Å². The van der Waals surface area contributed by atoms with Gasteiger partial charge in [0, 0.05) is 12.1 Å². The molecule has 1 atom stereocenters. The lowest BCUT2D eigenvalue weighted by Gasteiger charge is -2.23. The number of carbonyl (C=O) groups is 1. The molecular weight excluding hydrogens is 261 g/mol. The van der Waals surface area contributed by atoms with Gasteiger partial charge in [0.05, 0.1) is 18.2 Å². The molecule has 2 N–H and O–H groups in total. The van der Waals surface area contributed by atoms with Crippen molar-refractivity contribution in [3.8, 4) is 11.8 Å². The molecule has 1 heterocycles. The standard InChI is InChI=1S/C15H16FNO3/c16-14-9-11(3-2-8-18)5-6-13(14)15(20)17-7-1-4-12(17)10-19/h5-6,9,12,18-19H,1,4,7-8,10H2. The van der Waals surface area contributed by atoms with Gasteiger partial charge in [-0.3, -0.25) is 4.79 Å². The van der Waals surface area contributed by atoms with E-state index in [-0.39, 0.29) is 24.8 Å². The summed E-state index contributed by atoms with van der Waals surface area (Å²) in [5.41, 5.74) is 0.396. The molecule has 1 fully saturated rings. The Morgan fingerprint density at radius 2 is 2.25 bits per heavy atom. The summed E-state index contributed by atoms with van der Waals surface area (Å²) in [6.07, 6.45) is 1.56.